The molecule has 7 heteroatoms. The molecule has 4 aromatic rings. The first kappa shape index (κ1) is 18.4. The number of rotatable bonds is 4. The van der Waals surface area contributed by atoms with Gasteiger partial charge in [-0.25, -0.2) is 9.48 Å². The second-order valence-corrected chi connectivity index (χ2v) is 6.64. The minimum Gasteiger partial charge on any atom is -0.421 e. The van der Waals surface area contributed by atoms with Crippen molar-refractivity contribution in [3.63, 3.8) is 0 Å². The van der Waals surface area contributed by atoms with Crippen LogP contribution in [0.3, 0.4) is 0 Å². The molecular weight excluding hydrogens is 370 g/mol. The number of carbonyl (C=O) groups is 1. The Bertz CT molecular complexity index is 1320. The number of para-hydroxylation sites is 1. The SMILES string of the molecule is Cc1ccc(Cn2nc(C(=O)Nc3cc4ccccc4oc3=O)ccc2=O)cc1. The van der Waals surface area contributed by atoms with Crippen molar-refractivity contribution in [1.29, 1.82) is 0 Å². The van der Waals surface area contributed by atoms with Crippen molar-refractivity contribution in [2.45, 2.75) is 13.5 Å². The van der Waals surface area contributed by atoms with Gasteiger partial charge in [0.2, 0.25) is 0 Å². The van der Waals surface area contributed by atoms with E-state index in [4.69, 9.17) is 4.42 Å². The fourth-order valence-electron chi connectivity index (χ4n) is 2.89. The number of benzene rings is 2. The van der Waals surface area contributed by atoms with E-state index in [0.717, 1.165) is 11.1 Å². The summed E-state index contributed by atoms with van der Waals surface area (Å²) in [4.78, 5) is 36.9. The highest BCUT2D eigenvalue weighted by Gasteiger charge is 2.14. The van der Waals surface area contributed by atoms with E-state index >= 15 is 0 Å². The molecule has 0 aliphatic carbocycles. The first-order valence-corrected chi connectivity index (χ1v) is 8.97. The maximum Gasteiger partial charge on any atom is 0.360 e. The standard InChI is InChI=1S/C22H17N3O4/c1-14-6-8-15(9-7-14)13-25-20(26)11-10-17(24-25)21(27)23-18-12-16-4-2-3-5-19(16)29-22(18)28/h2-12H,13H2,1H3,(H,23,27). The van der Waals surface area contributed by atoms with Gasteiger partial charge in [-0.15, -0.1) is 0 Å². The Morgan fingerprint density at radius 3 is 2.59 bits per heavy atom. The molecule has 1 N–H and O–H groups in total. The van der Waals surface area contributed by atoms with Crippen LogP contribution in [-0.4, -0.2) is 15.7 Å². The molecule has 29 heavy (non-hydrogen) atoms. The van der Waals surface area contributed by atoms with Gasteiger partial charge in [0.05, 0.1) is 6.54 Å². The number of nitrogens with one attached hydrogen (secondary N) is 1. The first-order chi connectivity index (χ1) is 14.0. The highest BCUT2D eigenvalue weighted by Crippen LogP contribution is 2.15. The molecule has 0 radical (unpaired) electrons. The molecule has 1 amide bonds. The third kappa shape index (κ3) is 3.98. The molecule has 0 fully saturated rings. The maximum atomic E-state index is 12.6. The van der Waals surface area contributed by atoms with Gasteiger partial charge in [0.1, 0.15) is 17.0 Å². The van der Waals surface area contributed by atoms with Crippen LogP contribution in [0, 0.1) is 6.92 Å². The lowest BCUT2D eigenvalue weighted by atomic mass is 10.1. The van der Waals surface area contributed by atoms with Crippen molar-refractivity contribution >= 4 is 22.6 Å². The Hall–Kier alpha value is -4.00. The molecule has 0 saturated heterocycles. The van der Waals surface area contributed by atoms with Gasteiger partial charge >= 0.3 is 5.63 Å². The Morgan fingerprint density at radius 2 is 1.79 bits per heavy atom. The summed E-state index contributed by atoms with van der Waals surface area (Å²) >= 11 is 0. The Labute approximate surface area is 165 Å². The molecule has 0 aliphatic rings. The zero-order valence-corrected chi connectivity index (χ0v) is 15.6. The highest BCUT2D eigenvalue weighted by atomic mass is 16.4. The smallest absolute Gasteiger partial charge is 0.360 e. The van der Waals surface area contributed by atoms with Crippen molar-refractivity contribution in [1.82, 2.24) is 9.78 Å². The van der Waals surface area contributed by atoms with E-state index in [-0.39, 0.29) is 23.5 Å². The predicted octanol–water partition coefficient (Wildman–Crippen LogP) is 2.96. The molecule has 2 aromatic heterocycles. The Kier molecular flexibility index (Phi) is 4.78. The van der Waals surface area contributed by atoms with Crippen LogP contribution in [0.25, 0.3) is 11.0 Å². The molecular formula is C22H17N3O4. The number of hydrogen-bond acceptors (Lipinski definition) is 5. The number of fused-ring (bicyclic) bond motifs is 1. The fourth-order valence-corrected chi connectivity index (χ4v) is 2.89. The minimum absolute atomic E-state index is 0.00628. The molecule has 4 rings (SSSR count). The van der Waals surface area contributed by atoms with Crippen LogP contribution in [0.1, 0.15) is 21.6 Å². The number of nitrogens with zero attached hydrogens (tertiary/aromatic N) is 2. The molecule has 0 saturated carbocycles. The van der Waals surface area contributed by atoms with Crippen LogP contribution >= 0.6 is 0 Å². The summed E-state index contributed by atoms with van der Waals surface area (Å²) < 4.78 is 6.43. The molecule has 2 heterocycles. The second-order valence-electron chi connectivity index (χ2n) is 6.64. The number of hydrogen-bond donors (Lipinski definition) is 1. The minimum atomic E-state index is -0.662. The Morgan fingerprint density at radius 1 is 1.03 bits per heavy atom. The first-order valence-electron chi connectivity index (χ1n) is 8.97. The molecule has 2 aromatic carbocycles. The molecule has 0 spiro atoms. The summed E-state index contributed by atoms with van der Waals surface area (Å²) in [6.07, 6.45) is 0. The predicted molar refractivity (Wildman–Crippen MR) is 109 cm³/mol. The molecule has 0 aliphatic heterocycles. The molecule has 7 nitrogen and oxygen atoms in total. The van der Waals surface area contributed by atoms with E-state index in [2.05, 4.69) is 10.4 Å². The van der Waals surface area contributed by atoms with Crippen molar-refractivity contribution in [3.05, 3.63) is 104 Å². The summed E-state index contributed by atoms with van der Waals surface area (Å²) in [5, 5.41) is 7.33. The van der Waals surface area contributed by atoms with Gasteiger partial charge < -0.3 is 9.73 Å². The second kappa shape index (κ2) is 7.55. The fraction of sp³-hybridized carbons (Fsp3) is 0.0909. The molecule has 0 bridgehead atoms. The van der Waals surface area contributed by atoms with Gasteiger partial charge in [-0.05, 0) is 30.7 Å². The average molecular weight is 387 g/mol. The largest absolute Gasteiger partial charge is 0.421 e. The van der Waals surface area contributed by atoms with Crippen LogP contribution in [0.2, 0.25) is 0 Å². The van der Waals surface area contributed by atoms with Gasteiger partial charge in [0.25, 0.3) is 11.5 Å². The lowest BCUT2D eigenvalue weighted by Crippen LogP contribution is -2.27. The summed E-state index contributed by atoms with van der Waals surface area (Å²) in [5.41, 5.74) is 1.46. The third-order valence-electron chi connectivity index (χ3n) is 4.44. The van der Waals surface area contributed by atoms with E-state index in [9.17, 15) is 14.4 Å². The van der Waals surface area contributed by atoms with Crippen molar-refractivity contribution in [3.8, 4) is 0 Å². The van der Waals surface area contributed by atoms with Crippen LogP contribution < -0.4 is 16.5 Å². The summed E-state index contributed by atoms with van der Waals surface area (Å²) in [5.74, 6) is -0.606. The summed E-state index contributed by atoms with van der Waals surface area (Å²) in [6.45, 7) is 2.21. The van der Waals surface area contributed by atoms with Crippen molar-refractivity contribution in [2.75, 3.05) is 5.32 Å². The Balaban J connectivity index is 1.61. The number of anilines is 1. The van der Waals surface area contributed by atoms with Crippen LogP contribution in [0.15, 0.2) is 80.7 Å². The number of amides is 1. The van der Waals surface area contributed by atoms with Crippen LogP contribution in [0.4, 0.5) is 5.69 Å². The van der Waals surface area contributed by atoms with Crippen molar-refractivity contribution < 1.29 is 9.21 Å². The van der Waals surface area contributed by atoms with E-state index in [1.165, 1.54) is 16.8 Å². The monoisotopic (exact) mass is 387 g/mol. The third-order valence-corrected chi connectivity index (χ3v) is 4.44. The quantitative estimate of drug-likeness (QED) is 0.543. The van der Waals surface area contributed by atoms with Gasteiger partial charge in [-0.2, -0.15) is 5.10 Å². The summed E-state index contributed by atoms with van der Waals surface area (Å²) in [6, 6.07) is 18.8. The van der Waals surface area contributed by atoms with Crippen molar-refractivity contribution in [2.24, 2.45) is 0 Å². The number of aromatic nitrogens is 2. The lowest BCUT2D eigenvalue weighted by molar-refractivity contribution is 0.101. The van der Waals surface area contributed by atoms with E-state index in [1.54, 1.807) is 30.3 Å². The zero-order chi connectivity index (χ0) is 20.4. The molecule has 144 valence electrons. The molecule has 0 unspecified atom stereocenters. The average Bonchev–Trinajstić information content (AvgIpc) is 2.71. The van der Waals surface area contributed by atoms with E-state index < -0.39 is 11.5 Å². The van der Waals surface area contributed by atoms with Gasteiger partial charge in [-0.3, -0.25) is 9.59 Å². The lowest BCUT2D eigenvalue weighted by Gasteiger charge is -2.08. The van der Waals surface area contributed by atoms with Gasteiger partial charge in [-0.1, -0.05) is 48.0 Å². The molecule has 0 atom stereocenters. The highest BCUT2D eigenvalue weighted by molar-refractivity contribution is 6.03. The van der Waals surface area contributed by atoms with Crippen LogP contribution in [0.5, 0.6) is 0 Å². The van der Waals surface area contributed by atoms with Gasteiger partial charge in [0, 0.05) is 11.5 Å². The van der Waals surface area contributed by atoms with Crippen LogP contribution in [-0.2, 0) is 6.54 Å². The topological polar surface area (TPSA) is 94.2 Å². The number of aryl methyl sites for hydroxylation is 1. The van der Waals surface area contributed by atoms with Gasteiger partial charge in [0.15, 0.2) is 0 Å². The van der Waals surface area contributed by atoms with E-state index in [1.807, 2.05) is 31.2 Å². The normalized spacial score (nSPS) is 10.8. The maximum absolute atomic E-state index is 12.6. The van der Waals surface area contributed by atoms with E-state index in [0.29, 0.717) is 11.0 Å². The summed E-state index contributed by atoms with van der Waals surface area (Å²) in [7, 11) is 0. The number of carbonyl (C=O) groups excluding carboxylic acids is 1. The zero-order valence-electron chi connectivity index (χ0n) is 15.6.